The second kappa shape index (κ2) is 9.88. The van der Waals surface area contributed by atoms with E-state index in [-0.39, 0.29) is 24.2 Å². The topological polar surface area (TPSA) is 104 Å². The Morgan fingerprint density at radius 3 is 2.61 bits per heavy atom. The molecule has 198 valence electrons. The minimum absolute atomic E-state index is 0.0139. The first-order chi connectivity index (χ1) is 18.1. The summed E-state index contributed by atoms with van der Waals surface area (Å²) in [4.78, 5) is 17.0. The van der Waals surface area contributed by atoms with Gasteiger partial charge in [-0.05, 0) is 56.0 Å². The number of rotatable bonds is 8. The highest BCUT2D eigenvalue weighted by Gasteiger charge is 2.27. The number of amides is 1. The molecule has 1 fully saturated rings. The molecule has 1 aliphatic rings. The summed E-state index contributed by atoms with van der Waals surface area (Å²) in [5.41, 5.74) is 4.58. The molecule has 1 saturated carbocycles. The molecule has 8 nitrogen and oxygen atoms in total. The van der Waals surface area contributed by atoms with Crippen LogP contribution in [0.3, 0.4) is 0 Å². The summed E-state index contributed by atoms with van der Waals surface area (Å²) in [6.45, 7) is 3.32. The van der Waals surface area contributed by atoms with E-state index in [4.69, 9.17) is 0 Å². The van der Waals surface area contributed by atoms with E-state index in [0.29, 0.717) is 34.1 Å². The number of para-hydroxylation sites is 1. The van der Waals surface area contributed by atoms with Gasteiger partial charge in [0.1, 0.15) is 5.75 Å². The minimum Gasteiger partial charge on any atom is -0.506 e. The second-order valence-electron chi connectivity index (χ2n) is 9.49. The zero-order valence-corrected chi connectivity index (χ0v) is 20.9. The van der Waals surface area contributed by atoms with Gasteiger partial charge in [0.25, 0.3) is 5.91 Å². The van der Waals surface area contributed by atoms with Crippen LogP contribution in [0.15, 0.2) is 48.7 Å². The number of carbonyl (C=O) groups excluding carboxylic acids is 1. The summed E-state index contributed by atoms with van der Waals surface area (Å²) in [5.74, 6) is 0.196. The molecular formula is C27H27F3N6O2. The van der Waals surface area contributed by atoms with Gasteiger partial charge < -0.3 is 21.1 Å². The first kappa shape index (κ1) is 25.4. The highest BCUT2D eigenvalue weighted by Crippen LogP contribution is 2.33. The van der Waals surface area contributed by atoms with Crippen molar-refractivity contribution in [3.8, 4) is 17.0 Å². The first-order valence-electron chi connectivity index (χ1n) is 12.3. The van der Waals surface area contributed by atoms with Crippen molar-refractivity contribution in [2.24, 2.45) is 0 Å². The van der Waals surface area contributed by atoms with Gasteiger partial charge in [-0.15, -0.1) is 5.10 Å². The third-order valence-corrected chi connectivity index (χ3v) is 6.37. The molecule has 0 atom stereocenters. The van der Waals surface area contributed by atoms with Crippen molar-refractivity contribution in [3.05, 3.63) is 65.4 Å². The number of halogens is 3. The highest BCUT2D eigenvalue weighted by molar-refractivity contribution is 5.96. The molecule has 0 saturated heterocycles. The Bertz CT molecular complexity index is 1490. The van der Waals surface area contributed by atoms with E-state index < -0.39 is 12.6 Å². The molecule has 0 unspecified atom stereocenters. The summed E-state index contributed by atoms with van der Waals surface area (Å²) >= 11 is 0. The number of anilines is 3. The SMILES string of the molecule is Cc1cc(-c2cnc3c(NCCC(F)(F)F)cc(Nc4c(C)cccc4O)nn23)ccc1C(=O)NC1CC1. The average molecular weight is 525 g/mol. The molecule has 1 aliphatic carbocycles. The van der Waals surface area contributed by atoms with Gasteiger partial charge in [-0.1, -0.05) is 18.2 Å². The molecule has 11 heteroatoms. The third kappa shape index (κ3) is 5.51. The van der Waals surface area contributed by atoms with Crippen LogP contribution in [0.5, 0.6) is 5.75 Å². The highest BCUT2D eigenvalue weighted by atomic mass is 19.4. The maximum absolute atomic E-state index is 12.8. The zero-order chi connectivity index (χ0) is 27.0. The summed E-state index contributed by atoms with van der Waals surface area (Å²) < 4.78 is 40.0. The molecule has 2 aromatic carbocycles. The van der Waals surface area contributed by atoms with Crippen LogP contribution >= 0.6 is 0 Å². The molecule has 5 rings (SSSR count). The van der Waals surface area contributed by atoms with Gasteiger partial charge in [-0.3, -0.25) is 4.79 Å². The van der Waals surface area contributed by atoms with Gasteiger partial charge in [0.05, 0.1) is 29.7 Å². The Morgan fingerprint density at radius 2 is 1.92 bits per heavy atom. The number of nitrogens with zero attached hydrogens (tertiary/aromatic N) is 3. The van der Waals surface area contributed by atoms with Crippen LogP contribution in [0.2, 0.25) is 0 Å². The van der Waals surface area contributed by atoms with E-state index in [1.165, 1.54) is 10.6 Å². The molecule has 38 heavy (non-hydrogen) atoms. The van der Waals surface area contributed by atoms with Crippen molar-refractivity contribution in [3.63, 3.8) is 0 Å². The molecule has 2 heterocycles. The van der Waals surface area contributed by atoms with Gasteiger partial charge in [-0.2, -0.15) is 13.2 Å². The largest absolute Gasteiger partial charge is 0.506 e. The number of hydrogen-bond donors (Lipinski definition) is 4. The monoisotopic (exact) mass is 524 g/mol. The molecule has 0 bridgehead atoms. The number of nitrogens with one attached hydrogen (secondary N) is 3. The standard InChI is InChI=1S/C27H27F3N6O2/c1-15-4-3-5-22(37)24(15)34-23-13-20(31-11-10-27(28,29)30)25-32-14-21(36(25)35-23)17-6-9-19(16(2)12-17)26(38)33-18-7-8-18/h3-6,9,12-14,18,31,37H,7-8,10-11H2,1-2H3,(H,33,38)(H,34,35). The number of phenols is 1. The smallest absolute Gasteiger partial charge is 0.390 e. The lowest BCUT2D eigenvalue weighted by Crippen LogP contribution is -2.26. The summed E-state index contributed by atoms with van der Waals surface area (Å²) in [6.07, 6.45) is -1.75. The van der Waals surface area contributed by atoms with Gasteiger partial charge in [0.2, 0.25) is 0 Å². The lowest BCUT2D eigenvalue weighted by molar-refractivity contribution is -0.131. The molecule has 0 aliphatic heterocycles. The fourth-order valence-electron chi connectivity index (χ4n) is 4.21. The van der Waals surface area contributed by atoms with Gasteiger partial charge in [-0.25, -0.2) is 9.50 Å². The number of aryl methyl sites for hydroxylation is 2. The fourth-order valence-corrected chi connectivity index (χ4v) is 4.21. The second-order valence-corrected chi connectivity index (χ2v) is 9.49. The fraction of sp³-hybridized carbons (Fsp3) is 0.296. The van der Waals surface area contributed by atoms with E-state index >= 15 is 0 Å². The number of aromatic nitrogens is 3. The molecule has 0 radical (unpaired) electrons. The van der Waals surface area contributed by atoms with E-state index in [1.54, 1.807) is 30.5 Å². The maximum Gasteiger partial charge on any atom is 0.390 e. The molecule has 4 aromatic rings. The lowest BCUT2D eigenvalue weighted by atomic mass is 10.0. The van der Waals surface area contributed by atoms with Crippen molar-refractivity contribution in [2.45, 2.75) is 45.3 Å². The van der Waals surface area contributed by atoms with E-state index in [9.17, 15) is 23.1 Å². The first-order valence-corrected chi connectivity index (χ1v) is 12.3. The van der Waals surface area contributed by atoms with E-state index in [1.807, 2.05) is 26.0 Å². The van der Waals surface area contributed by atoms with Crippen LogP contribution in [-0.4, -0.2) is 44.4 Å². The number of imidazole rings is 1. The minimum atomic E-state index is -4.31. The van der Waals surface area contributed by atoms with Crippen LogP contribution in [0.25, 0.3) is 16.9 Å². The van der Waals surface area contributed by atoms with Crippen LogP contribution < -0.4 is 16.0 Å². The van der Waals surface area contributed by atoms with Crippen LogP contribution in [0.1, 0.15) is 40.7 Å². The molecule has 2 aromatic heterocycles. The normalized spacial score (nSPS) is 13.5. The van der Waals surface area contributed by atoms with Crippen LogP contribution in [-0.2, 0) is 0 Å². The Balaban J connectivity index is 1.53. The predicted octanol–water partition coefficient (Wildman–Crippen LogP) is 5.72. The number of hydrogen-bond acceptors (Lipinski definition) is 6. The number of carbonyl (C=O) groups is 1. The Hall–Kier alpha value is -4.28. The number of aromatic hydroxyl groups is 1. The molecule has 4 N–H and O–H groups in total. The van der Waals surface area contributed by atoms with Crippen molar-refractivity contribution in [1.82, 2.24) is 19.9 Å². The number of fused-ring (bicyclic) bond motifs is 1. The third-order valence-electron chi connectivity index (χ3n) is 6.37. The Labute approximate surface area is 216 Å². The number of benzene rings is 2. The summed E-state index contributed by atoms with van der Waals surface area (Å²) in [6, 6.07) is 12.3. The van der Waals surface area contributed by atoms with Gasteiger partial charge in [0.15, 0.2) is 11.5 Å². The Kier molecular flexibility index (Phi) is 6.60. The molecular weight excluding hydrogens is 497 g/mol. The van der Waals surface area contributed by atoms with Gasteiger partial charge in [0, 0.05) is 29.8 Å². The van der Waals surface area contributed by atoms with E-state index in [0.717, 1.165) is 29.5 Å². The number of phenolic OH excluding ortho intramolecular Hbond substituents is 1. The maximum atomic E-state index is 12.8. The lowest BCUT2D eigenvalue weighted by Gasteiger charge is -2.15. The summed E-state index contributed by atoms with van der Waals surface area (Å²) in [7, 11) is 0. The van der Waals surface area contributed by atoms with Crippen molar-refractivity contribution in [1.29, 1.82) is 0 Å². The average Bonchev–Trinajstić information content (AvgIpc) is 3.55. The van der Waals surface area contributed by atoms with E-state index in [2.05, 4.69) is 26.0 Å². The predicted molar refractivity (Wildman–Crippen MR) is 139 cm³/mol. The summed E-state index contributed by atoms with van der Waals surface area (Å²) in [5, 5.41) is 23.9. The van der Waals surface area contributed by atoms with Crippen LogP contribution in [0, 0.1) is 13.8 Å². The van der Waals surface area contributed by atoms with Crippen molar-refractivity contribution < 1.29 is 23.1 Å². The Morgan fingerprint density at radius 1 is 1.13 bits per heavy atom. The molecule has 1 amide bonds. The quantitative estimate of drug-likeness (QED) is 0.220. The molecule has 0 spiro atoms. The van der Waals surface area contributed by atoms with Gasteiger partial charge >= 0.3 is 6.18 Å². The van der Waals surface area contributed by atoms with Crippen LogP contribution in [0.4, 0.5) is 30.4 Å². The number of alkyl halides is 3. The van der Waals surface area contributed by atoms with Crippen molar-refractivity contribution >= 4 is 28.7 Å². The van der Waals surface area contributed by atoms with Crippen molar-refractivity contribution in [2.75, 3.05) is 17.2 Å². The zero-order valence-electron chi connectivity index (χ0n) is 20.9.